The molecule has 28 heavy (non-hydrogen) atoms. The van der Waals surface area contributed by atoms with Crippen molar-refractivity contribution in [1.82, 2.24) is 9.80 Å². The lowest BCUT2D eigenvalue weighted by Gasteiger charge is -2.35. The Hall–Kier alpha value is -1.21. The highest BCUT2D eigenvalue weighted by Crippen LogP contribution is 2.24. The Labute approximate surface area is 168 Å². The number of ether oxygens (including phenoxy) is 3. The van der Waals surface area contributed by atoms with E-state index in [1.54, 1.807) is 7.11 Å². The third-order valence-corrected chi connectivity index (χ3v) is 5.94. The molecule has 5 nitrogen and oxygen atoms in total. The first-order valence-electron chi connectivity index (χ1n) is 10.6. The number of halogens is 1. The van der Waals surface area contributed by atoms with Gasteiger partial charge in [-0.25, -0.2) is 4.39 Å². The van der Waals surface area contributed by atoms with E-state index in [2.05, 4.69) is 9.80 Å². The molecule has 2 aliphatic heterocycles. The lowest BCUT2D eigenvalue weighted by molar-refractivity contribution is 0.0551. The van der Waals surface area contributed by atoms with Crippen LogP contribution in [0.3, 0.4) is 0 Å². The highest BCUT2D eigenvalue weighted by molar-refractivity contribution is 5.30. The highest BCUT2D eigenvalue weighted by Gasteiger charge is 2.25. The maximum absolute atomic E-state index is 13.8. The minimum atomic E-state index is -0.305. The molecule has 0 spiro atoms. The molecular weight excluding hydrogens is 359 g/mol. The first-order valence-corrected chi connectivity index (χ1v) is 10.6. The Balaban J connectivity index is 1.57. The largest absolute Gasteiger partial charge is 0.494 e. The summed E-state index contributed by atoms with van der Waals surface area (Å²) in [6.07, 6.45) is 5.06. The molecule has 158 valence electrons. The minimum absolute atomic E-state index is 0.305. The molecule has 1 aromatic rings. The summed E-state index contributed by atoms with van der Waals surface area (Å²) < 4.78 is 30.0. The summed E-state index contributed by atoms with van der Waals surface area (Å²) >= 11 is 0. The van der Waals surface area contributed by atoms with E-state index in [-0.39, 0.29) is 5.82 Å². The van der Waals surface area contributed by atoms with Gasteiger partial charge in [-0.3, -0.25) is 4.90 Å². The SMILES string of the molecule is COCCN1CCC(CN(Cc2ccc(F)c(OC)c2)CC2CCCO2)CC1. The zero-order valence-corrected chi connectivity index (χ0v) is 17.4. The van der Waals surface area contributed by atoms with Gasteiger partial charge in [0.1, 0.15) is 0 Å². The van der Waals surface area contributed by atoms with Crippen LogP contribution < -0.4 is 4.74 Å². The average Bonchev–Trinajstić information content (AvgIpc) is 3.22. The van der Waals surface area contributed by atoms with Crippen LogP contribution >= 0.6 is 0 Å². The van der Waals surface area contributed by atoms with E-state index >= 15 is 0 Å². The maximum Gasteiger partial charge on any atom is 0.165 e. The molecule has 1 aromatic carbocycles. The zero-order valence-electron chi connectivity index (χ0n) is 17.4. The van der Waals surface area contributed by atoms with Gasteiger partial charge >= 0.3 is 0 Å². The molecule has 3 rings (SSSR count). The lowest BCUT2D eigenvalue weighted by Crippen LogP contribution is -2.41. The number of hydrogen-bond donors (Lipinski definition) is 0. The first-order chi connectivity index (χ1) is 13.7. The number of hydrogen-bond acceptors (Lipinski definition) is 5. The monoisotopic (exact) mass is 394 g/mol. The van der Waals surface area contributed by atoms with Gasteiger partial charge in [-0.05, 0) is 62.4 Å². The standard InChI is InChI=1S/C22H35FN2O3/c1-26-13-11-24-9-7-18(8-10-24)15-25(17-20-4-3-12-28-20)16-19-5-6-21(23)22(14-19)27-2/h5-6,14,18,20H,3-4,7-13,15-17H2,1-2H3. The fourth-order valence-electron chi connectivity index (χ4n) is 4.32. The van der Waals surface area contributed by atoms with Crippen LogP contribution in [0.4, 0.5) is 4.39 Å². The zero-order chi connectivity index (χ0) is 19.8. The summed E-state index contributed by atoms with van der Waals surface area (Å²) in [6, 6.07) is 5.20. The van der Waals surface area contributed by atoms with Crippen molar-refractivity contribution < 1.29 is 18.6 Å². The van der Waals surface area contributed by atoms with Crippen LogP contribution in [0.25, 0.3) is 0 Å². The summed E-state index contributed by atoms with van der Waals surface area (Å²) in [5.41, 5.74) is 1.09. The van der Waals surface area contributed by atoms with Crippen molar-refractivity contribution in [3.05, 3.63) is 29.6 Å². The van der Waals surface area contributed by atoms with Crippen molar-refractivity contribution in [3.8, 4) is 5.75 Å². The lowest BCUT2D eigenvalue weighted by atomic mass is 9.95. The summed E-state index contributed by atoms with van der Waals surface area (Å²) in [7, 11) is 3.28. The number of nitrogens with zero attached hydrogens (tertiary/aromatic N) is 2. The van der Waals surface area contributed by atoms with Gasteiger partial charge in [-0.1, -0.05) is 6.07 Å². The minimum Gasteiger partial charge on any atom is -0.494 e. The summed E-state index contributed by atoms with van der Waals surface area (Å²) in [5, 5.41) is 0. The van der Waals surface area contributed by atoms with Crippen LogP contribution in [0.5, 0.6) is 5.75 Å². The Kier molecular flexibility index (Phi) is 8.52. The summed E-state index contributed by atoms with van der Waals surface area (Å²) in [6.45, 7) is 7.82. The van der Waals surface area contributed by atoms with Crippen molar-refractivity contribution in [3.63, 3.8) is 0 Å². The number of likely N-dealkylation sites (tertiary alicyclic amines) is 1. The van der Waals surface area contributed by atoms with E-state index in [9.17, 15) is 4.39 Å². The summed E-state index contributed by atoms with van der Waals surface area (Å²) in [4.78, 5) is 4.99. The quantitative estimate of drug-likeness (QED) is 0.609. The molecule has 0 N–H and O–H groups in total. The molecule has 1 atom stereocenters. The van der Waals surface area contributed by atoms with E-state index in [0.717, 1.165) is 70.9 Å². The van der Waals surface area contributed by atoms with Gasteiger partial charge in [0.25, 0.3) is 0 Å². The van der Waals surface area contributed by atoms with Gasteiger partial charge in [0, 0.05) is 39.9 Å². The Morgan fingerprint density at radius 1 is 1.18 bits per heavy atom. The number of rotatable bonds is 10. The first kappa shape index (κ1) is 21.5. The molecule has 6 heteroatoms. The van der Waals surface area contributed by atoms with Crippen LogP contribution in [0, 0.1) is 11.7 Å². The van der Waals surface area contributed by atoms with Crippen LogP contribution in [-0.2, 0) is 16.0 Å². The van der Waals surface area contributed by atoms with Crippen molar-refractivity contribution in [2.75, 3.05) is 60.2 Å². The molecule has 0 bridgehead atoms. The second-order valence-electron chi connectivity index (χ2n) is 8.08. The van der Waals surface area contributed by atoms with E-state index in [0.29, 0.717) is 17.8 Å². The van der Waals surface area contributed by atoms with E-state index in [1.165, 1.54) is 26.0 Å². The molecule has 0 aromatic heterocycles. The van der Waals surface area contributed by atoms with Gasteiger partial charge in [0.05, 0.1) is 19.8 Å². The number of piperidine rings is 1. The van der Waals surface area contributed by atoms with E-state index < -0.39 is 0 Å². The van der Waals surface area contributed by atoms with Crippen LogP contribution in [-0.4, -0.2) is 76.1 Å². The highest BCUT2D eigenvalue weighted by atomic mass is 19.1. The predicted octanol–water partition coefficient (Wildman–Crippen LogP) is 3.17. The van der Waals surface area contributed by atoms with Crippen molar-refractivity contribution in [2.24, 2.45) is 5.92 Å². The number of methoxy groups -OCH3 is 2. The Morgan fingerprint density at radius 2 is 2.00 bits per heavy atom. The Morgan fingerprint density at radius 3 is 2.68 bits per heavy atom. The van der Waals surface area contributed by atoms with E-state index in [4.69, 9.17) is 14.2 Å². The van der Waals surface area contributed by atoms with Crippen LogP contribution in [0.1, 0.15) is 31.2 Å². The molecule has 0 saturated carbocycles. The van der Waals surface area contributed by atoms with E-state index in [1.807, 2.05) is 12.1 Å². The molecular formula is C22H35FN2O3. The fraction of sp³-hybridized carbons (Fsp3) is 0.727. The maximum atomic E-state index is 13.8. The van der Waals surface area contributed by atoms with Crippen LogP contribution in [0.15, 0.2) is 18.2 Å². The van der Waals surface area contributed by atoms with Gasteiger partial charge in [-0.15, -0.1) is 0 Å². The second kappa shape index (κ2) is 11.1. The Bertz CT molecular complexity index is 587. The molecule has 0 radical (unpaired) electrons. The molecule has 0 aliphatic carbocycles. The fourth-order valence-corrected chi connectivity index (χ4v) is 4.32. The normalized spacial score (nSPS) is 21.5. The molecule has 0 amide bonds. The van der Waals surface area contributed by atoms with Crippen LogP contribution in [0.2, 0.25) is 0 Å². The second-order valence-corrected chi connectivity index (χ2v) is 8.08. The third kappa shape index (κ3) is 6.41. The smallest absolute Gasteiger partial charge is 0.165 e. The van der Waals surface area contributed by atoms with Gasteiger partial charge in [0.2, 0.25) is 0 Å². The van der Waals surface area contributed by atoms with Gasteiger partial charge in [0.15, 0.2) is 11.6 Å². The van der Waals surface area contributed by atoms with Gasteiger partial charge < -0.3 is 19.1 Å². The third-order valence-electron chi connectivity index (χ3n) is 5.94. The number of benzene rings is 1. The summed E-state index contributed by atoms with van der Waals surface area (Å²) in [5.74, 6) is 0.712. The topological polar surface area (TPSA) is 34.2 Å². The molecule has 2 aliphatic rings. The molecule has 2 fully saturated rings. The molecule has 2 saturated heterocycles. The predicted molar refractivity (Wildman–Crippen MR) is 108 cm³/mol. The van der Waals surface area contributed by atoms with Gasteiger partial charge in [-0.2, -0.15) is 0 Å². The van der Waals surface area contributed by atoms with Crippen molar-refractivity contribution >= 4 is 0 Å². The van der Waals surface area contributed by atoms with Crippen molar-refractivity contribution in [1.29, 1.82) is 0 Å². The molecule has 2 heterocycles. The molecule has 1 unspecified atom stereocenters. The van der Waals surface area contributed by atoms with Crippen molar-refractivity contribution in [2.45, 2.75) is 38.3 Å². The average molecular weight is 395 g/mol.